The summed E-state index contributed by atoms with van der Waals surface area (Å²) in [6, 6.07) is 0. The highest BCUT2D eigenvalue weighted by atomic mass is 127. The van der Waals surface area contributed by atoms with Gasteiger partial charge in [0.25, 0.3) is 0 Å². The van der Waals surface area contributed by atoms with Gasteiger partial charge in [-0.15, -0.1) is 24.0 Å². The molecule has 2 N–H and O–H groups in total. The van der Waals surface area contributed by atoms with Crippen LogP contribution in [0.2, 0.25) is 0 Å². The Morgan fingerprint density at radius 3 is 2.78 bits per heavy atom. The van der Waals surface area contributed by atoms with Crippen molar-refractivity contribution in [2.75, 3.05) is 52.3 Å². The van der Waals surface area contributed by atoms with Crippen molar-refractivity contribution < 1.29 is 9.47 Å². The van der Waals surface area contributed by atoms with E-state index in [9.17, 15) is 0 Å². The molecule has 7 heteroatoms. The Bertz CT molecular complexity index is 322. The minimum absolute atomic E-state index is 0. The van der Waals surface area contributed by atoms with E-state index in [0.29, 0.717) is 5.92 Å². The van der Waals surface area contributed by atoms with Gasteiger partial charge in [-0.1, -0.05) is 0 Å². The predicted octanol–water partition coefficient (Wildman–Crippen LogP) is 2.50. The predicted molar refractivity (Wildman–Crippen MR) is 109 cm³/mol. The van der Waals surface area contributed by atoms with E-state index in [2.05, 4.69) is 27.4 Å². The van der Waals surface area contributed by atoms with Crippen LogP contribution in [0.1, 0.15) is 32.1 Å². The van der Waals surface area contributed by atoms with Crippen molar-refractivity contribution in [3.8, 4) is 0 Å². The van der Waals surface area contributed by atoms with E-state index in [4.69, 9.17) is 9.47 Å². The first-order valence-corrected chi connectivity index (χ1v) is 9.65. The number of aliphatic imine (C=N–C) groups is 1. The van der Waals surface area contributed by atoms with Crippen molar-refractivity contribution in [1.82, 2.24) is 10.6 Å². The minimum atomic E-state index is 0. The topological polar surface area (TPSA) is 54.9 Å². The van der Waals surface area contributed by atoms with Gasteiger partial charge in [0, 0.05) is 51.8 Å². The highest BCUT2D eigenvalue weighted by Crippen LogP contribution is 2.25. The van der Waals surface area contributed by atoms with Gasteiger partial charge in [-0.2, -0.15) is 11.8 Å². The number of nitrogens with zero attached hydrogens (tertiary/aromatic N) is 1. The average Bonchev–Trinajstić information content (AvgIpc) is 3.08. The highest BCUT2D eigenvalue weighted by Gasteiger charge is 2.15. The molecule has 2 rings (SSSR count). The van der Waals surface area contributed by atoms with Gasteiger partial charge in [-0.3, -0.25) is 4.99 Å². The standard InChI is InChI=1S/C16H31N3O2S.HI/c1-17-16(19-12-15-4-2-11-22-15)18-7-3-8-21-13-14-5-9-20-10-6-14;/h14-15H,2-13H2,1H3,(H2,17,18,19);1H. The molecule has 2 heterocycles. The van der Waals surface area contributed by atoms with Crippen LogP contribution in [0, 0.1) is 5.92 Å². The fraction of sp³-hybridized carbons (Fsp3) is 0.938. The first kappa shape index (κ1) is 21.3. The summed E-state index contributed by atoms with van der Waals surface area (Å²) in [7, 11) is 1.83. The van der Waals surface area contributed by atoms with E-state index >= 15 is 0 Å². The van der Waals surface area contributed by atoms with E-state index in [-0.39, 0.29) is 24.0 Å². The molecule has 0 saturated carbocycles. The molecule has 2 aliphatic rings. The van der Waals surface area contributed by atoms with Crippen molar-refractivity contribution in [1.29, 1.82) is 0 Å². The maximum absolute atomic E-state index is 5.77. The third-order valence-electron chi connectivity index (χ3n) is 4.20. The Hall–Kier alpha value is 0.270. The van der Waals surface area contributed by atoms with E-state index in [0.717, 1.165) is 70.0 Å². The molecular formula is C16H32IN3O2S. The number of rotatable bonds is 8. The lowest BCUT2D eigenvalue weighted by Crippen LogP contribution is -2.40. The molecule has 0 radical (unpaired) electrons. The second-order valence-corrected chi connectivity index (χ2v) is 7.41. The normalized spacial score (nSPS) is 22.7. The van der Waals surface area contributed by atoms with Crippen molar-refractivity contribution in [2.24, 2.45) is 10.9 Å². The Kier molecular flexibility index (Phi) is 12.6. The van der Waals surface area contributed by atoms with Gasteiger partial charge in [0.05, 0.1) is 0 Å². The molecule has 2 aliphatic heterocycles. The lowest BCUT2D eigenvalue weighted by atomic mass is 10.0. The van der Waals surface area contributed by atoms with Gasteiger partial charge in [0.2, 0.25) is 0 Å². The zero-order valence-electron chi connectivity index (χ0n) is 14.2. The Morgan fingerprint density at radius 1 is 1.26 bits per heavy atom. The molecule has 0 aromatic carbocycles. The average molecular weight is 457 g/mol. The lowest BCUT2D eigenvalue weighted by molar-refractivity contribution is 0.0203. The van der Waals surface area contributed by atoms with Gasteiger partial charge < -0.3 is 20.1 Å². The molecule has 0 aromatic rings. The molecule has 136 valence electrons. The molecule has 0 spiro atoms. The molecule has 5 nitrogen and oxygen atoms in total. The summed E-state index contributed by atoms with van der Waals surface area (Å²) in [5.74, 6) is 2.92. The Morgan fingerprint density at radius 2 is 2.09 bits per heavy atom. The van der Waals surface area contributed by atoms with Crippen molar-refractivity contribution in [2.45, 2.75) is 37.4 Å². The van der Waals surface area contributed by atoms with Crippen LogP contribution >= 0.6 is 35.7 Å². The summed E-state index contributed by atoms with van der Waals surface area (Å²) in [5.41, 5.74) is 0. The lowest BCUT2D eigenvalue weighted by Gasteiger charge is -2.21. The third-order valence-corrected chi connectivity index (χ3v) is 5.60. The second kappa shape index (κ2) is 13.5. The molecule has 0 aromatic heterocycles. The Labute approximate surface area is 162 Å². The minimum Gasteiger partial charge on any atom is -0.381 e. The van der Waals surface area contributed by atoms with Crippen LogP contribution in [-0.4, -0.2) is 63.5 Å². The van der Waals surface area contributed by atoms with Crippen molar-refractivity contribution >= 4 is 41.7 Å². The smallest absolute Gasteiger partial charge is 0.191 e. The zero-order valence-corrected chi connectivity index (χ0v) is 17.4. The van der Waals surface area contributed by atoms with E-state index in [1.54, 1.807) is 0 Å². The number of hydrogen-bond donors (Lipinski definition) is 2. The summed E-state index contributed by atoms with van der Waals surface area (Å²) in [6.45, 7) is 5.43. The monoisotopic (exact) mass is 457 g/mol. The van der Waals surface area contributed by atoms with E-state index in [1.165, 1.54) is 18.6 Å². The van der Waals surface area contributed by atoms with Gasteiger partial charge in [0.1, 0.15) is 0 Å². The van der Waals surface area contributed by atoms with Crippen LogP contribution in [0.3, 0.4) is 0 Å². The summed E-state index contributed by atoms with van der Waals surface area (Å²) in [5, 5.41) is 7.53. The molecule has 1 atom stereocenters. The third kappa shape index (κ3) is 9.36. The van der Waals surface area contributed by atoms with E-state index < -0.39 is 0 Å². The van der Waals surface area contributed by atoms with Gasteiger partial charge in [-0.25, -0.2) is 0 Å². The number of guanidine groups is 1. The largest absolute Gasteiger partial charge is 0.381 e. The number of halogens is 1. The maximum Gasteiger partial charge on any atom is 0.191 e. The molecule has 0 amide bonds. The molecule has 2 fully saturated rings. The molecule has 0 bridgehead atoms. The number of hydrogen-bond acceptors (Lipinski definition) is 4. The van der Waals surface area contributed by atoms with Crippen LogP contribution in [0.25, 0.3) is 0 Å². The number of ether oxygens (including phenoxy) is 2. The maximum atomic E-state index is 5.77. The second-order valence-electron chi connectivity index (χ2n) is 6.00. The summed E-state index contributed by atoms with van der Waals surface area (Å²) in [6.07, 6.45) is 5.99. The molecule has 1 unspecified atom stereocenters. The molecule has 2 saturated heterocycles. The van der Waals surface area contributed by atoms with Crippen LogP contribution in [0.4, 0.5) is 0 Å². The fourth-order valence-corrected chi connectivity index (χ4v) is 3.98. The van der Waals surface area contributed by atoms with Crippen LogP contribution < -0.4 is 10.6 Å². The van der Waals surface area contributed by atoms with Gasteiger partial charge >= 0.3 is 0 Å². The summed E-state index contributed by atoms with van der Waals surface area (Å²) < 4.78 is 11.1. The quantitative estimate of drug-likeness (QED) is 0.254. The van der Waals surface area contributed by atoms with Crippen molar-refractivity contribution in [3.05, 3.63) is 0 Å². The van der Waals surface area contributed by atoms with Crippen molar-refractivity contribution in [3.63, 3.8) is 0 Å². The summed E-state index contributed by atoms with van der Waals surface area (Å²) >= 11 is 2.07. The molecule has 0 aliphatic carbocycles. The Balaban J connectivity index is 0.00000264. The van der Waals surface area contributed by atoms with Gasteiger partial charge in [0.15, 0.2) is 5.96 Å². The van der Waals surface area contributed by atoms with E-state index in [1.807, 2.05) is 7.05 Å². The van der Waals surface area contributed by atoms with Crippen LogP contribution in [-0.2, 0) is 9.47 Å². The number of thioether (sulfide) groups is 1. The van der Waals surface area contributed by atoms with Crippen LogP contribution in [0.5, 0.6) is 0 Å². The first-order chi connectivity index (χ1) is 10.9. The SMILES string of the molecule is CN=C(NCCCOCC1CCOCC1)NCC1CCCS1.I. The van der Waals surface area contributed by atoms with Crippen LogP contribution in [0.15, 0.2) is 4.99 Å². The zero-order chi connectivity index (χ0) is 15.5. The summed E-state index contributed by atoms with van der Waals surface area (Å²) in [4.78, 5) is 4.27. The number of nitrogens with one attached hydrogen (secondary N) is 2. The van der Waals surface area contributed by atoms with Gasteiger partial charge in [-0.05, 0) is 43.8 Å². The fourth-order valence-electron chi connectivity index (χ4n) is 2.78. The molecular weight excluding hydrogens is 425 g/mol. The first-order valence-electron chi connectivity index (χ1n) is 8.60. The highest BCUT2D eigenvalue weighted by molar-refractivity contribution is 14.0. The molecule has 23 heavy (non-hydrogen) atoms.